The minimum atomic E-state index is -0.175. The van der Waals surface area contributed by atoms with Crippen LogP contribution in [0.4, 0.5) is 0 Å². The fourth-order valence-electron chi connectivity index (χ4n) is 3.39. The molecule has 0 unspecified atom stereocenters. The van der Waals surface area contributed by atoms with Crippen molar-refractivity contribution in [3.63, 3.8) is 0 Å². The lowest BCUT2D eigenvalue weighted by Gasteiger charge is -2.14. The molecule has 34 heavy (non-hydrogen) atoms. The highest BCUT2D eigenvalue weighted by Gasteiger charge is 2.31. The molecular weight excluding hydrogens is 534 g/mol. The number of hydrogen-bond donors (Lipinski definition) is 0. The summed E-state index contributed by atoms with van der Waals surface area (Å²) in [5, 5.41) is 0. The minimum Gasteiger partial charge on any atom is -0.488 e. The fraction of sp³-hybridized carbons (Fsp3) is 0.346. The summed E-state index contributed by atoms with van der Waals surface area (Å²) in [6.07, 6.45) is 4.59. The molecular formula is C26H28BrNO4S2. The monoisotopic (exact) mass is 561 g/mol. The predicted octanol–water partition coefficient (Wildman–Crippen LogP) is 6.66. The first-order valence-corrected chi connectivity index (χ1v) is 13.3. The number of esters is 1. The van der Waals surface area contributed by atoms with Crippen LogP contribution in [0.2, 0.25) is 0 Å². The molecule has 1 amide bonds. The molecule has 1 aliphatic rings. The molecule has 0 atom stereocenters. The van der Waals surface area contributed by atoms with E-state index in [1.54, 1.807) is 11.8 Å². The van der Waals surface area contributed by atoms with Crippen LogP contribution in [0.15, 0.2) is 51.8 Å². The first kappa shape index (κ1) is 26.4. The lowest BCUT2D eigenvalue weighted by molar-refractivity contribution is -0.143. The van der Waals surface area contributed by atoms with Crippen LogP contribution in [0.25, 0.3) is 6.08 Å². The number of amides is 1. The van der Waals surface area contributed by atoms with Crippen LogP contribution >= 0.6 is 39.9 Å². The summed E-state index contributed by atoms with van der Waals surface area (Å²) >= 11 is 10.3. The van der Waals surface area contributed by atoms with Gasteiger partial charge in [-0.3, -0.25) is 14.5 Å². The Labute approximate surface area is 219 Å². The third-order valence-corrected chi connectivity index (χ3v) is 7.09. The van der Waals surface area contributed by atoms with Crippen LogP contribution in [0.5, 0.6) is 5.75 Å². The van der Waals surface area contributed by atoms with E-state index >= 15 is 0 Å². The molecule has 0 N–H and O–H groups in total. The van der Waals surface area contributed by atoms with Crippen molar-refractivity contribution < 1.29 is 19.1 Å². The van der Waals surface area contributed by atoms with Gasteiger partial charge in [-0.15, -0.1) is 0 Å². The Morgan fingerprint density at radius 1 is 1.15 bits per heavy atom. The van der Waals surface area contributed by atoms with Crippen LogP contribution in [0.1, 0.15) is 49.3 Å². The highest BCUT2D eigenvalue weighted by Crippen LogP contribution is 2.35. The Balaban J connectivity index is 1.62. The summed E-state index contributed by atoms with van der Waals surface area (Å²) in [7, 11) is 0. The molecule has 1 heterocycles. The molecule has 2 aromatic carbocycles. The standard InChI is InChI=1S/C26H28BrNO4S2/c1-3-31-24(29)7-5-4-6-14-28-25(30)23(34-26(28)33)16-20-15-21(27)12-13-22(20)32-17-19-10-8-18(2)9-11-19/h8-13,15-16H,3-7,14,17H2,1-2H3/b23-16+. The zero-order valence-electron chi connectivity index (χ0n) is 19.3. The van der Waals surface area contributed by atoms with Gasteiger partial charge in [-0.25, -0.2) is 0 Å². The van der Waals surface area contributed by atoms with Gasteiger partial charge in [0, 0.05) is 23.0 Å². The average Bonchev–Trinajstić information content (AvgIpc) is 3.07. The first-order valence-electron chi connectivity index (χ1n) is 11.3. The largest absolute Gasteiger partial charge is 0.488 e. The summed E-state index contributed by atoms with van der Waals surface area (Å²) in [5.74, 6) is 0.434. The molecule has 180 valence electrons. The number of carbonyl (C=O) groups excluding carboxylic acids is 2. The maximum Gasteiger partial charge on any atom is 0.305 e. The number of carbonyl (C=O) groups is 2. The first-order chi connectivity index (χ1) is 16.4. The maximum atomic E-state index is 13.0. The number of nitrogens with zero attached hydrogens (tertiary/aromatic N) is 1. The molecule has 0 aliphatic carbocycles. The van der Waals surface area contributed by atoms with Crippen molar-refractivity contribution in [1.29, 1.82) is 0 Å². The topological polar surface area (TPSA) is 55.8 Å². The highest BCUT2D eigenvalue weighted by molar-refractivity contribution is 9.10. The minimum absolute atomic E-state index is 0.0927. The van der Waals surface area contributed by atoms with E-state index in [1.807, 2.05) is 36.4 Å². The maximum absolute atomic E-state index is 13.0. The number of ether oxygens (including phenoxy) is 2. The fourth-order valence-corrected chi connectivity index (χ4v) is 5.07. The molecule has 0 aromatic heterocycles. The van der Waals surface area contributed by atoms with E-state index in [4.69, 9.17) is 21.7 Å². The number of thioether (sulfide) groups is 1. The lowest BCUT2D eigenvalue weighted by Crippen LogP contribution is -2.29. The summed E-state index contributed by atoms with van der Waals surface area (Å²) in [4.78, 5) is 26.7. The van der Waals surface area contributed by atoms with E-state index in [2.05, 4.69) is 35.0 Å². The molecule has 1 saturated heterocycles. The van der Waals surface area contributed by atoms with Gasteiger partial charge >= 0.3 is 5.97 Å². The highest BCUT2D eigenvalue weighted by atomic mass is 79.9. The molecule has 1 fully saturated rings. The van der Waals surface area contributed by atoms with E-state index < -0.39 is 0 Å². The number of halogens is 1. The number of aryl methyl sites for hydroxylation is 1. The Morgan fingerprint density at radius 2 is 1.91 bits per heavy atom. The zero-order chi connectivity index (χ0) is 24.5. The van der Waals surface area contributed by atoms with Gasteiger partial charge < -0.3 is 9.47 Å². The summed E-state index contributed by atoms with van der Waals surface area (Å²) in [5.41, 5.74) is 3.10. The summed E-state index contributed by atoms with van der Waals surface area (Å²) < 4.78 is 12.5. The average molecular weight is 563 g/mol. The van der Waals surface area contributed by atoms with Gasteiger partial charge in [0.2, 0.25) is 0 Å². The summed E-state index contributed by atoms with van der Waals surface area (Å²) in [6, 6.07) is 14.0. The smallest absolute Gasteiger partial charge is 0.305 e. The normalized spacial score (nSPS) is 14.7. The molecule has 1 aliphatic heterocycles. The SMILES string of the molecule is CCOC(=O)CCCCCN1C(=O)/C(=C\c2cc(Br)ccc2OCc2ccc(C)cc2)SC1=S. The number of thiocarbonyl (C=S) groups is 1. The van der Waals surface area contributed by atoms with Crippen molar-refractivity contribution in [2.45, 2.75) is 46.1 Å². The molecule has 3 rings (SSSR count). The van der Waals surface area contributed by atoms with Crippen LogP contribution in [0.3, 0.4) is 0 Å². The molecule has 0 bridgehead atoms. The number of rotatable bonds is 11. The van der Waals surface area contributed by atoms with Gasteiger partial charge in [-0.2, -0.15) is 0 Å². The van der Waals surface area contributed by atoms with Crippen molar-refractivity contribution in [3.8, 4) is 5.75 Å². The molecule has 2 aromatic rings. The van der Waals surface area contributed by atoms with Crippen LogP contribution in [-0.4, -0.2) is 34.2 Å². The third kappa shape index (κ3) is 7.68. The summed E-state index contributed by atoms with van der Waals surface area (Å²) in [6.45, 7) is 5.24. The second kappa shape index (κ2) is 13.1. The van der Waals surface area contributed by atoms with Crippen molar-refractivity contribution in [2.75, 3.05) is 13.2 Å². The Bertz CT molecular complexity index is 1070. The Kier molecular flexibility index (Phi) is 10.2. The van der Waals surface area contributed by atoms with Gasteiger partial charge in [0.1, 0.15) is 16.7 Å². The second-order valence-electron chi connectivity index (χ2n) is 7.91. The molecule has 0 spiro atoms. The van der Waals surface area contributed by atoms with Gasteiger partial charge in [0.25, 0.3) is 5.91 Å². The predicted molar refractivity (Wildman–Crippen MR) is 145 cm³/mol. The van der Waals surface area contributed by atoms with Crippen molar-refractivity contribution in [2.24, 2.45) is 0 Å². The van der Waals surface area contributed by atoms with E-state index in [1.165, 1.54) is 17.3 Å². The quantitative estimate of drug-likeness (QED) is 0.132. The number of unbranched alkanes of at least 4 members (excludes halogenated alkanes) is 2. The van der Waals surface area contributed by atoms with E-state index in [0.29, 0.717) is 41.2 Å². The van der Waals surface area contributed by atoms with Crippen LogP contribution in [0, 0.1) is 6.92 Å². The second-order valence-corrected chi connectivity index (χ2v) is 10.5. The number of benzene rings is 2. The Hall–Kier alpha value is -2.16. The van der Waals surface area contributed by atoms with E-state index in [-0.39, 0.29) is 11.9 Å². The molecule has 5 nitrogen and oxygen atoms in total. The van der Waals surface area contributed by atoms with Gasteiger partial charge in [0.05, 0.1) is 11.5 Å². The third-order valence-electron chi connectivity index (χ3n) is 5.21. The molecule has 0 saturated carbocycles. The van der Waals surface area contributed by atoms with Crippen molar-refractivity contribution in [3.05, 3.63) is 68.5 Å². The van der Waals surface area contributed by atoms with Gasteiger partial charge in [-0.05, 0) is 56.5 Å². The zero-order valence-corrected chi connectivity index (χ0v) is 22.6. The molecule has 0 radical (unpaired) electrons. The van der Waals surface area contributed by atoms with Crippen molar-refractivity contribution in [1.82, 2.24) is 4.90 Å². The Morgan fingerprint density at radius 3 is 2.65 bits per heavy atom. The van der Waals surface area contributed by atoms with Gasteiger partial charge in [-0.1, -0.05) is 76.2 Å². The van der Waals surface area contributed by atoms with Crippen molar-refractivity contribution >= 4 is 62.2 Å². The lowest BCUT2D eigenvalue weighted by atomic mass is 10.1. The van der Waals surface area contributed by atoms with Crippen LogP contribution < -0.4 is 4.74 Å². The van der Waals surface area contributed by atoms with E-state index in [9.17, 15) is 9.59 Å². The molecule has 8 heteroatoms. The van der Waals surface area contributed by atoms with Gasteiger partial charge in [0.15, 0.2) is 0 Å². The van der Waals surface area contributed by atoms with E-state index in [0.717, 1.165) is 34.9 Å². The van der Waals surface area contributed by atoms with Crippen LogP contribution in [-0.2, 0) is 20.9 Å². The number of hydrogen-bond acceptors (Lipinski definition) is 6.